The predicted molar refractivity (Wildman–Crippen MR) is 33.7 cm³/mol. The third kappa shape index (κ3) is 3.23. The first kappa shape index (κ1) is 9.15. The molecule has 0 saturated carbocycles. The fourth-order valence-electron chi connectivity index (χ4n) is 0.219. The molecule has 0 heterocycles. The molecule has 0 aliphatic rings. The van der Waals surface area contributed by atoms with E-state index in [0.717, 1.165) is 0 Å². The first-order valence-electron chi connectivity index (χ1n) is 2.21. The number of amides is 1. The van der Waals surface area contributed by atoms with Crippen LogP contribution in [0.15, 0.2) is 0 Å². The van der Waals surface area contributed by atoms with Crippen LogP contribution in [0.4, 0.5) is 0 Å². The number of carbonyl (C=O) groups is 2. The number of hydrogen-bond acceptors (Lipinski definition) is 4. The smallest absolute Gasteiger partial charge is 0.292 e. The summed E-state index contributed by atoms with van der Waals surface area (Å²) >= 11 is 0. The van der Waals surface area contributed by atoms with Crippen molar-refractivity contribution in [2.75, 3.05) is 5.65 Å². The molecule has 0 atom stereocenters. The molecule has 0 fully saturated rings. The highest BCUT2D eigenvalue weighted by molar-refractivity contribution is 7.91. The van der Waals surface area contributed by atoms with Crippen LogP contribution in [0.25, 0.3) is 0 Å². The quantitative estimate of drug-likeness (QED) is 0.288. The SMILES string of the molecule is [B]CS(=O)(=O)NC(=O)C=O. The molecule has 0 unspecified atom stereocenters. The number of sulfonamides is 1. The van der Waals surface area contributed by atoms with Gasteiger partial charge >= 0.3 is 0 Å². The van der Waals surface area contributed by atoms with Crippen LogP contribution in [0.3, 0.4) is 0 Å². The number of aldehydes is 1. The number of rotatable bonds is 3. The lowest BCUT2D eigenvalue weighted by Gasteiger charge is -1.97. The molecule has 0 aromatic carbocycles. The minimum atomic E-state index is -3.78. The van der Waals surface area contributed by atoms with Crippen LogP contribution < -0.4 is 4.72 Å². The average Bonchev–Trinajstić information content (AvgIpc) is 1.87. The summed E-state index contributed by atoms with van der Waals surface area (Å²) in [6.45, 7) is 0. The molecule has 0 saturated heterocycles. The third-order valence-electron chi connectivity index (χ3n) is 0.583. The van der Waals surface area contributed by atoms with Gasteiger partial charge in [0.1, 0.15) is 0 Å². The van der Waals surface area contributed by atoms with Crippen LogP contribution in [0.5, 0.6) is 0 Å². The minimum Gasteiger partial charge on any atom is -0.292 e. The van der Waals surface area contributed by atoms with Crippen molar-refractivity contribution in [1.29, 1.82) is 0 Å². The van der Waals surface area contributed by atoms with E-state index in [0.29, 0.717) is 0 Å². The lowest BCUT2D eigenvalue weighted by Crippen LogP contribution is -2.33. The topological polar surface area (TPSA) is 80.3 Å². The summed E-state index contributed by atoms with van der Waals surface area (Å²) in [5, 5.41) is 0. The maximum Gasteiger partial charge on any atom is 0.297 e. The molecule has 0 spiro atoms. The van der Waals surface area contributed by atoms with E-state index in [1.807, 2.05) is 0 Å². The molecule has 1 N–H and O–H groups in total. The van der Waals surface area contributed by atoms with Gasteiger partial charge in [-0.1, -0.05) is 0 Å². The van der Waals surface area contributed by atoms with Crippen molar-refractivity contribution in [3.8, 4) is 0 Å². The second-order valence-corrected chi connectivity index (χ2v) is 3.13. The van der Waals surface area contributed by atoms with E-state index < -0.39 is 21.6 Å². The molecule has 0 rings (SSSR count). The molecule has 10 heavy (non-hydrogen) atoms. The Kier molecular flexibility index (Phi) is 3.07. The summed E-state index contributed by atoms with van der Waals surface area (Å²) in [7, 11) is 0.907. The Morgan fingerprint density at radius 3 is 2.40 bits per heavy atom. The highest BCUT2D eigenvalue weighted by Crippen LogP contribution is 1.76. The Labute approximate surface area is 59.3 Å². The van der Waals surface area contributed by atoms with Gasteiger partial charge < -0.3 is 0 Å². The molecule has 0 bridgehead atoms. The normalized spacial score (nSPS) is 10.4. The first-order chi connectivity index (χ1) is 4.52. The van der Waals surface area contributed by atoms with Gasteiger partial charge in [-0.15, -0.1) is 0 Å². The molecular weight excluding hydrogens is 157 g/mol. The van der Waals surface area contributed by atoms with Gasteiger partial charge in [0.2, 0.25) is 16.3 Å². The van der Waals surface area contributed by atoms with Crippen LogP contribution >= 0.6 is 0 Å². The molecular formula is C3H4BNO4S. The summed E-state index contributed by atoms with van der Waals surface area (Å²) in [6.07, 6.45) is -0.146. The average molecular weight is 161 g/mol. The Morgan fingerprint density at radius 2 is 2.10 bits per heavy atom. The van der Waals surface area contributed by atoms with Crippen molar-refractivity contribution in [3.63, 3.8) is 0 Å². The van der Waals surface area contributed by atoms with Gasteiger partial charge in [0.05, 0.1) is 7.85 Å². The van der Waals surface area contributed by atoms with E-state index >= 15 is 0 Å². The van der Waals surface area contributed by atoms with Gasteiger partial charge in [-0.05, 0) is 0 Å². The van der Waals surface area contributed by atoms with Gasteiger partial charge in [-0.3, -0.25) is 9.59 Å². The van der Waals surface area contributed by atoms with Crippen molar-refractivity contribution in [1.82, 2.24) is 4.72 Å². The van der Waals surface area contributed by atoms with E-state index in [-0.39, 0.29) is 6.29 Å². The molecule has 0 aromatic heterocycles. The van der Waals surface area contributed by atoms with Crippen LogP contribution in [-0.2, 0) is 19.6 Å². The lowest BCUT2D eigenvalue weighted by atomic mass is 10.2. The standard InChI is InChI=1S/C3H4BNO4S/c4-2-10(8,9)5-3(7)1-6/h1H,2H2,(H,5,7). The van der Waals surface area contributed by atoms with Crippen LogP contribution in [0.2, 0.25) is 0 Å². The van der Waals surface area contributed by atoms with Gasteiger partial charge in [0.25, 0.3) is 5.91 Å². The first-order valence-corrected chi connectivity index (χ1v) is 3.87. The molecule has 0 aliphatic heterocycles. The van der Waals surface area contributed by atoms with Gasteiger partial charge in [-0.2, -0.15) is 0 Å². The van der Waals surface area contributed by atoms with Crippen LogP contribution in [0, 0.1) is 0 Å². The van der Waals surface area contributed by atoms with Gasteiger partial charge in [0.15, 0.2) is 0 Å². The van der Waals surface area contributed by atoms with Gasteiger partial charge in [-0.25, -0.2) is 13.1 Å². The van der Waals surface area contributed by atoms with E-state index in [4.69, 9.17) is 7.85 Å². The highest BCUT2D eigenvalue weighted by Gasteiger charge is 2.09. The summed E-state index contributed by atoms with van der Waals surface area (Å²) in [5.41, 5.74) is -0.716. The minimum absolute atomic E-state index is 0.146. The molecule has 5 nitrogen and oxygen atoms in total. The second-order valence-electron chi connectivity index (χ2n) is 1.37. The second kappa shape index (κ2) is 3.36. The summed E-state index contributed by atoms with van der Waals surface area (Å²) in [5.74, 6) is -1.22. The number of carbonyl (C=O) groups excluding carboxylic acids is 2. The Bertz CT molecular complexity index is 233. The van der Waals surface area contributed by atoms with Gasteiger partial charge in [0, 0.05) is 5.65 Å². The largest absolute Gasteiger partial charge is 0.297 e. The lowest BCUT2D eigenvalue weighted by molar-refractivity contribution is -0.130. The van der Waals surface area contributed by atoms with E-state index in [1.165, 1.54) is 4.72 Å². The van der Waals surface area contributed by atoms with Crippen molar-refractivity contribution in [3.05, 3.63) is 0 Å². The Morgan fingerprint density at radius 1 is 1.60 bits per heavy atom. The third-order valence-corrected chi connectivity index (χ3v) is 1.53. The van der Waals surface area contributed by atoms with Crippen molar-refractivity contribution < 1.29 is 18.0 Å². The van der Waals surface area contributed by atoms with E-state index in [2.05, 4.69) is 0 Å². The van der Waals surface area contributed by atoms with Crippen molar-refractivity contribution in [2.24, 2.45) is 0 Å². The molecule has 0 aromatic rings. The van der Waals surface area contributed by atoms with Crippen molar-refractivity contribution >= 4 is 30.1 Å². The fourth-order valence-corrected chi connectivity index (χ4v) is 0.657. The predicted octanol–water partition coefficient (Wildman–Crippen LogP) is -2.24. The molecule has 0 aliphatic carbocycles. The zero-order valence-corrected chi connectivity index (χ0v) is 5.72. The monoisotopic (exact) mass is 161 g/mol. The highest BCUT2D eigenvalue weighted by atomic mass is 32.2. The fraction of sp³-hybridized carbons (Fsp3) is 0.333. The Balaban J connectivity index is 4.16. The zero-order chi connectivity index (χ0) is 8.20. The zero-order valence-electron chi connectivity index (χ0n) is 4.90. The maximum atomic E-state index is 10.4. The summed E-state index contributed by atoms with van der Waals surface area (Å²) < 4.78 is 22.1. The van der Waals surface area contributed by atoms with Crippen LogP contribution in [-0.4, -0.2) is 34.1 Å². The number of nitrogens with one attached hydrogen (secondary N) is 1. The number of hydrogen-bond donors (Lipinski definition) is 1. The summed E-state index contributed by atoms with van der Waals surface area (Å²) in [4.78, 5) is 19.7. The Hall–Kier alpha value is -0.845. The van der Waals surface area contributed by atoms with Crippen molar-refractivity contribution in [2.45, 2.75) is 0 Å². The van der Waals surface area contributed by atoms with Crippen LogP contribution in [0.1, 0.15) is 0 Å². The maximum absolute atomic E-state index is 10.4. The molecule has 1 amide bonds. The van der Waals surface area contributed by atoms with E-state index in [9.17, 15) is 18.0 Å². The van der Waals surface area contributed by atoms with E-state index in [1.54, 1.807) is 0 Å². The molecule has 2 radical (unpaired) electrons. The molecule has 54 valence electrons. The molecule has 7 heteroatoms. The summed E-state index contributed by atoms with van der Waals surface area (Å²) in [6, 6.07) is 0.